The van der Waals surface area contributed by atoms with Gasteiger partial charge in [0.25, 0.3) is 0 Å². The highest BCUT2D eigenvalue weighted by Crippen LogP contribution is 2.15. The van der Waals surface area contributed by atoms with Crippen LogP contribution in [0.1, 0.15) is 33.1 Å². The fourth-order valence-electron chi connectivity index (χ4n) is 2.20. The largest absolute Gasteiger partial charge is 0.394 e. The van der Waals surface area contributed by atoms with Crippen LogP contribution in [-0.4, -0.2) is 59.4 Å². The van der Waals surface area contributed by atoms with Crippen LogP contribution in [0, 0.1) is 5.92 Å². The molecule has 0 saturated carbocycles. The molecule has 1 aliphatic heterocycles. The number of amides is 1. The molecule has 0 aromatic heterocycles. The number of carbonyl (C=O) groups is 1. The zero-order valence-corrected chi connectivity index (χ0v) is 11.5. The maximum atomic E-state index is 11.9. The molecule has 0 spiro atoms. The molecule has 1 fully saturated rings. The van der Waals surface area contributed by atoms with Crippen molar-refractivity contribution in [1.82, 2.24) is 10.2 Å². The molecule has 0 bridgehead atoms. The van der Waals surface area contributed by atoms with E-state index in [0.29, 0.717) is 13.0 Å². The van der Waals surface area contributed by atoms with Crippen LogP contribution in [0.15, 0.2) is 0 Å². The lowest BCUT2D eigenvalue weighted by molar-refractivity contribution is -0.126. The molecule has 1 saturated heterocycles. The van der Waals surface area contributed by atoms with Gasteiger partial charge in [-0.3, -0.25) is 9.69 Å². The van der Waals surface area contributed by atoms with E-state index in [1.165, 1.54) is 0 Å². The minimum absolute atomic E-state index is 0.116. The summed E-state index contributed by atoms with van der Waals surface area (Å²) in [5, 5.41) is 21.3. The summed E-state index contributed by atoms with van der Waals surface area (Å²) in [5.74, 6) is 0.628. The second-order valence-electron chi connectivity index (χ2n) is 5.46. The standard InChI is InChI=1S/C13H26N2O3/c1-3-13(9-16,10-17)14-12(18)8-15-6-4-11(2)5-7-15/h11,16-17H,3-10H2,1-2H3,(H,14,18). The van der Waals surface area contributed by atoms with Crippen molar-refractivity contribution in [2.45, 2.75) is 38.6 Å². The Bertz CT molecular complexity index is 251. The number of hydrogen-bond donors (Lipinski definition) is 3. The Morgan fingerprint density at radius 2 is 1.89 bits per heavy atom. The third kappa shape index (κ3) is 4.23. The fourth-order valence-corrected chi connectivity index (χ4v) is 2.20. The third-order valence-corrected chi connectivity index (χ3v) is 3.93. The Morgan fingerprint density at radius 1 is 1.33 bits per heavy atom. The van der Waals surface area contributed by atoms with Crippen molar-refractivity contribution in [1.29, 1.82) is 0 Å². The summed E-state index contributed by atoms with van der Waals surface area (Å²) in [4.78, 5) is 14.0. The van der Waals surface area contributed by atoms with Gasteiger partial charge in [0.05, 0.1) is 25.3 Å². The van der Waals surface area contributed by atoms with Gasteiger partial charge in [-0.25, -0.2) is 0 Å². The molecular formula is C13H26N2O3. The maximum Gasteiger partial charge on any atom is 0.234 e. The van der Waals surface area contributed by atoms with Gasteiger partial charge in [0, 0.05) is 0 Å². The van der Waals surface area contributed by atoms with Gasteiger partial charge in [-0.2, -0.15) is 0 Å². The first-order chi connectivity index (χ1) is 8.55. The number of aliphatic hydroxyl groups is 2. The van der Waals surface area contributed by atoms with Crippen LogP contribution < -0.4 is 5.32 Å². The topological polar surface area (TPSA) is 72.8 Å². The first kappa shape index (κ1) is 15.4. The predicted octanol–water partition coefficient (Wildman–Crippen LogP) is -0.0321. The Balaban J connectivity index is 2.41. The highest BCUT2D eigenvalue weighted by Gasteiger charge is 2.29. The summed E-state index contributed by atoms with van der Waals surface area (Å²) in [5.41, 5.74) is -0.875. The Kier molecular flexibility index (Phi) is 6.05. The smallest absolute Gasteiger partial charge is 0.234 e. The van der Waals surface area contributed by atoms with Gasteiger partial charge < -0.3 is 15.5 Å². The number of hydrogen-bond acceptors (Lipinski definition) is 4. The second kappa shape index (κ2) is 7.07. The van der Waals surface area contributed by atoms with Crippen molar-refractivity contribution in [3.63, 3.8) is 0 Å². The molecule has 1 amide bonds. The van der Waals surface area contributed by atoms with Crippen molar-refractivity contribution >= 4 is 5.91 Å². The molecule has 0 aromatic rings. The van der Waals surface area contributed by atoms with Crippen LogP contribution >= 0.6 is 0 Å². The van der Waals surface area contributed by atoms with Crippen molar-refractivity contribution in [3.8, 4) is 0 Å². The minimum Gasteiger partial charge on any atom is -0.394 e. The third-order valence-electron chi connectivity index (χ3n) is 3.93. The molecule has 1 heterocycles. The molecule has 3 N–H and O–H groups in total. The first-order valence-corrected chi connectivity index (χ1v) is 6.80. The number of nitrogens with one attached hydrogen (secondary N) is 1. The highest BCUT2D eigenvalue weighted by molar-refractivity contribution is 5.79. The summed E-state index contributed by atoms with van der Waals surface area (Å²) < 4.78 is 0. The summed E-state index contributed by atoms with van der Waals surface area (Å²) in [6, 6.07) is 0. The maximum absolute atomic E-state index is 11.9. The minimum atomic E-state index is -0.875. The monoisotopic (exact) mass is 258 g/mol. The number of nitrogens with zero attached hydrogens (tertiary/aromatic N) is 1. The zero-order valence-electron chi connectivity index (χ0n) is 11.5. The molecule has 0 aromatic carbocycles. The highest BCUT2D eigenvalue weighted by atomic mass is 16.3. The van der Waals surface area contributed by atoms with Gasteiger partial charge in [-0.15, -0.1) is 0 Å². The normalized spacial score (nSPS) is 18.9. The molecule has 0 atom stereocenters. The van der Waals surface area contributed by atoms with Crippen LogP contribution in [0.5, 0.6) is 0 Å². The van der Waals surface area contributed by atoms with Gasteiger partial charge in [-0.1, -0.05) is 13.8 Å². The lowest BCUT2D eigenvalue weighted by Crippen LogP contribution is -2.56. The van der Waals surface area contributed by atoms with Crippen LogP contribution in [-0.2, 0) is 4.79 Å². The number of likely N-dealkylation sites (tertiary alicyclic amines) is 1. The van der Waals surface area contributed by atoms with Crippen LogP contribution in [0.3, 0.4) is 0 Å². The summed E-state index contributed by atoms with van der Waals surface area (Å²) in [6.45, 7) is 5.87. The van der Waals surface area contributed by atoms with E-state index in [0.717, 1.165) is 31.8 Å². The molecule has 0 radical (unpaired) electrons. The number of piperidine rings is 1. The molecule has 18 heavy (non-hydrogen) atoms. The second-order valence-corrected chi connectivity index (χ2v) is 5.46. The summed E-state index contributed by atoms with van der Waals surface area (Å²) in [7, 11) is 0. The zero-order chi connectivity index (χ0) is 13.6. The van der Waals surface area contributed by atoms with Crippen molar-refractivity contribution in [2.75, 3.05) is 32.8 Å². The lowest BCUT2D eigenvalue weighted by atomic mass is 9.98. The lowest BCUT2D eigenvalue weighted by Gasteiger charge is -2.33. The molecule has 0 unspecified atom stereocenters. The number of rotatable bonds is 6. The quantitative estimate of drug-likeness (QED) is 0.625. The van der Waals surface area contributed by atoms with Gasteiger partial charge in [0.1, 0.15) is 0 Å². The number of carbonyl (C=O) groups excluding carboxylic acids is 1. The van der Waals surface area contributed by atoms with Gasteiger partial charge in [0.2, 0.25) is 5.91 Å². The SMILES string of the molecule is CCC(CO)(CO)NC(=O)CN1CCC(C)CC1. The van der Waals surface area contributed by atoms with Crippen LogP contribution in [0.2, 0.25) is 0 Å². The summed E-state index contributed by atoms with van der Waals surface area (Å²) in [6.07, 6.45) is 2.78. The van der Waals surface area contributed by atoms with E-state index in [4.69, 9.17) is 0 Å². The van der Waals surface area contributed by atoms with Crippen molar-refractivity contribution < 1.29 is 15.0 Å². The Labute approximate surface area is 109 Å². The van der Waals surface area contributed by atoms with Crippen molar-refractivity contribution in [2.24, 2.45) is 5.92 Å². The fraction of sp³-hybridized carbons (Fsp3) is 0.923. The van der Waals surface area contributed by atoms with E-state index in [-0.39, 0.29) is 19.1 Å². The molecule has 5 nitrogen and oxygen atoms in total. The van der Waals surface area contributed by atoms with E-state index < -0.39 is 5.54 Å². The molecular weight excluding hydrogens is 232 g/mol. The molecule has 106 valence electrons. The van der Waals surface area contributed by atoms with E-state index in [2.05, 4.69) is 17.1 Å². The van der Waals surface area contributed by atoms with Gasteiger partial charge >= 0.3 is 0 Å². The molecule has 1 rings (SSSR count). The molecule has 0 aliphatic carbocycles. The number of aliphatic hydroxyl groups excluding tert-OH is 2. The van der Waals surface area contributed by atoms with E-state index in [1.807, 2.05) is 6.92 Å². The average Bonchev–Trinajstić information content (AvgIpc) is 2.39. The molecule has 5 heteroatoms. The van der Waals surface area contributed by atoms with E-state index >= 15 is 0 Å². The van der Waals surface area contributed by atoms with Crippen LogP contribution in [0.25, 0.3) is 0 Å². The molecule has 1 aliphatic rings. The predicted molar refractivity (Wildman–Crippen MR) is 70.2 cm³/mol. The van der Waals surface area contributed by atoms with E-state index in [1.54, 1.807) is 0 Å². The average molecular weight is 258 g/mol. The summed E-state index contributed by atoms with van der Waals surface area (Å²) >= 11 is 0. The van der Waals surface area contributed by atoms with Crippen molar-refractivity contribution in [3.05, 3.63) is 0 Å². The van der Waals surface area contributed by atoms with Gasteiger partial charge in [0.15, 0.2) is 0 Å². The van der Waals surface area contributed by atoms with Gasteiger partial charge in [-0.05, 0) is 38.3 Å². The first-order valence-electron chi connectivity index (χ1n) is 6.80. The van der Waals surface area contributed by atoms with Crippen LogP contribution in [0.4, 0.5) is 0 Å². The Hall–Kier alpha value is -0.650. The van der Waals surface area contributed by atoms with E-state index in [9.17, 15) is 15.0 Å². The Morgan fingerprint density at radius 3 is 2.33 bits per heavy atom.